The molecule has 1 amide bonds. The Balaban J connectivity index is 1.32. The smallest absolute Gasteiger partial charge is 0.303 e. The number of carbonyl (C=O) groups is 2. The molecule has 4 aromatic rings. The van der Waals surface area contributed by atoms with Gasteiger partial charge in [0.2, 0.25) is 5.91 Å². The lowest BCUT2D eigenvalue weighted by atomic mass is 9.89. The highest BCUT2D eigenvalue weighted by molar-refractivity contribution is 5.83. The third kappa shape index (κ3) is 8.15. The summed E-state index contributed by atoms with van der Waals surface area (Å²) in [5.41, 5.74) is 4.89. The molecule has 1 saturated heterocycles. The minimum atomic E-state index is -0.994. The van der Waals surface area contributed by atoms with Crippen molar-refractivity contribution in [2.45, 2.75) is 64.4 Å². The van der Waals surface area contributed by atoms with Gasteiger partial charge in [0.05, 0.1) is 25.2 Å². The molecule has 45 heavy (non-hydrogen) atoms. The fraction of sp³-hybridized carbons (Fsp3) is 0.351. The Morgan fingerprint density at radius 1 is 0.867 bits per heavy atom. The van der Waals surface area contributed by atoms with Crippen molar-refractivity contribution < 1.29 is 29.3 Å². The Morgan fingerprint density at radius 3 is 2.22 bits per heavy atom. The normalized spacial score (nSPS) is 20.6. The molecule has 1 fully saturated rings. The molecule has 8 nitrogen and oxygen atoms in total. The first kappa shape index (κ1) is 32.3. The Bertz CT molecular complexity index is 1590. The quantitative estimate of drug-likeness (QED) is 0.173. The second kappa shape index (κ2) is 14.8. The van der Waals surface area contributed by atoms with Crippen LogP contribution in [0.3, 0.4) is 0 Å². The van der Waals surface area contributed by atoms with E-state index < -0.39 is 12.3 Å². The Hall–Kier alpha value is -4.08. The van der Waals surface area contributed by atoms with Crippen LogP contribution in [-0.4, -0.2) is 46.7 Å². The summed E-state index contributed by atoms with van der Waals surface area (Å²) in [5.74, 6) is -1.24. The van der Waals surface area contributed by atoms with Gasteiger partial charge in [-0.1, -0.05) is 91.9 Å². The second-order valence-corrected chi connectivity index (χ2v) is 12.0. The molecule has 4 aromatic carbocycles. The molecule has 0 aliphatic carbocycles. The van der Waals surface area contributed by atoms with Crippen LogP contribution in [0.1, 0.15) is 72.9 Å². The highest BCUT2D eigenvalue weighted by Gasteiger charge is 2.39. The summed E-state index contributed by atoms with van der Waals surface area (Å²) in [5, 5.41) is 23.6. The number of hydrogen-bond acceptors (Lipinski definition) is 6. The first-order chi connectivity index (χ1) is 21.7. The van der Waals surface area contributed by atoms with Gasteiger partial charge >= 0.3 is 5.97 Å². The molecule has 0 bridgehead atoms. The van der Waals surface area contributed by atoms with Crippen LogP contribution < -0.4 is 5.32 Å². The van der Waals surface area contributed by atoms with Gasteiger partial charge in [0, 0.05) is 37.0 Å². The van der Waals surface area contributed by atoms with Gasteiger partial charge in [-0.25, -0.2) is 0 Å². The van der Waals surface area contributed by atoms with Crippen molar-refractivity contribution in [1.29, 1.82) is 0 Å². The number of nitrogens with one attached hydrogen (secondary N) is 1. The van der Waals surface area contributed by atoms with Gasteiger partial charge in [0.15, 0.2) is 6.29 Å². The predicted octanol–water partition coefficient (Wildman–Crippen LogP) is 6.30. The largest absolute Gasteiger partial charge is 0.481 e. The topological polar surface area (TPSA) is 108 Å². The van der Waals surface area contributed by atoms with E-state index in [9.17, 15) is 14.7 Å². The predicted molar refractivity (Wildman–Crippen MR) is 173 cm³/mol. The van der Waals surface area contributed by atoms with Gasteiger partial charge in [-0.05, 0) is 53.1 Å². The SMILES string of the molecule is C[C@@H]1[C@H](CN(C)[C@H](C)c2ccc3ccccc3c2)O[C@H](c2ccc(CNC(=O)CCC(=O)O)cc2)O[C@@H]1c1ccc(CO)cc1. The minimum absolute atomic E-state index is 0.0143. The molecule has 3 N–H and O–H groups in total. The zero-order valence-corrected chi connectivity index (χ0v) is 26.1. The number of likely N-dealkylation sites (N-methyl/N-ethyl adjacent to an activating group) is 1. The Morgan fingerprint density at radius 2 is 1.53 bits per heavy atom. The molecule has 5 rings (SSSR count). The van der Waals surface area contributed by atoms with Crippen molar-refractivity contribution in [2.24, 2.45) is 5.92 Å². The third-order valence-corrected chi connectivity index (χ3v) is 8.82. The summed E-state index contributed by atoms with van der Waals surface area (Å²) < 4.78 is 13.3. The fourth-order valence-electron chi connectivity index (χ4n) is 5.79. The number of carbonyl (C=O) groups excluding carboxylic acids is 1. The highest BCUT2D eigenvalue weighted by atomic mass is 16.7. The van der Waals surface area contributed by atoms with Crippen LogP contribution in [0, 0.1) is 5.92 Å². The molecule has 0 aromatic heterocycles. The van der Waals surface area contributed by atoms with Crippen LogP contribution in [0.4, 0.5) is 0 Å². The number of rotatable bonds is 12. The van der Waals surface area contributed by atoms with Crippen molar-refractivity contribution in [2.75, 3.05) is 13.6 Å². The number of ether oxygens (including phenoxy) is 2. The molecule has 0 radical (unpaired) electrons. The average molecular weight is 611 g/mol. The van der Waals surface area contributed by atoms with Crippen molar-refractivity contribution in [1.82, 2.24) is 10.2 Å². The van der Waals surface area contributed by atoms with E-state index in [-0.39, 0.29) is 49.5 Å². The number of amides is 1. The summed E-state index contributed by atoms with van der Waals surface area (Å²) in [6, 6.07) is 30.8. The highest BCUT2D eigenvalue weighted by Crippen LogP contribution is 2.42. The van der Waals surface area contributed by atoms with E-state index in [1.54, 1.807) is 0 Å². The summed E-state index contributed by atoms with van der Waals surface area (Å²) in [6.07, 6.45) is -1.20. The summed E-state index contributed by atoms with van der Waals surface area (Å²) in [6.45, 7) is 5.37. The molecule has 0 spiro atoms. The van der Waals surface area contributed by atoms with Gasteiger partial charge in [0.1, 0.15) is 0 Å². The number of aliphatic hydroxyl groups excluding tert-OH is 1. The number of carboxylic acid groups (broad SMARTS) is 1. The van der Waals surface area contributed by atoms with E-state index in [0.717, 1.165) is 22.3 Å². The number of nitrogens with zero attached hydrogens (tertiary/aromatic N) is 1. The first-order valence-electron chi connectivity index (χ1n) is 15.5. The average Bonchev–Trinajstić information content (AvgIpc) is 3.07. The molecule has 1 aliphatic heterocycles. The molecule has 0 saturated carbocycles. The van der Waals surface area contributed by atoms with E-state index in [0.29, 0.717) is 13.1 Å². The maximum Gasteiger partial charge on any atom is 0.303 e. The summed E-state index contributed by atoms with van der Waals surface area (Å²) >= 11 is 0. The zero-order chi connectivity index (χ0) is 31.9. The number of aliphatic carboxylic acids is 1. The van der Waals surface area contributed by atoms with E-state index in [4.69, 9.17) is 14.6 Å². The van der Waals surface area contributed by atoms with Crippen LogP contribution in [0.15, 0.2) is 91.0 Å². The van der Waals surface area contributed by atoms with Crippen LogP contribution in [-0.2, 0) is 32.2 Å². The fourth-order valence-corrected chi connectivity index (χ4v) is 5.79. The second-order valence-electron chi connectivity index (χ2n) is 12.0. The molecule has 8 heteroatoms. The van der Waals surface area contributed by atoms with Crippen molar-refractivity contribution in [3.63, 3.8) is 0 Å². The van der Waals surface area contributed by atoms with E-state index in [1.807, 2.05) is 48.5 Å². The molecule has 1 heterocycles. The molecule has 5 atom stereocenters. The van der Waals surface area contributed by atoms with Crippen LogP contribution in [0.25, 0.3) is 10.8 Å². The van der Waals surface area contributed by atoms with Crippen LogP contribution in [0.2, 0.25) is 0 Å². The van der Waals surface area contributed by atoms with Crippen molar-refractivity contribution in [3.8, 4) is 0 Å². The number of benzene rings is 4. The molecule has 236 valence electrons. The van der Waals surface area contributed by atoms with E-state index in [2.05, 4.69) is 73.6 Å². The first-order valence-corrected chi connectivity index (χ1v) is 15.5. The van der Waals surface area contributed by atoms with Gasteiger partial charge < -0.3 is 25.0 Å². The molecular weight excluding hydrogens is 568 g/mol. The lowest BCUT2D eigenvalue weighted by Crippen LogP contribution is -2.44. The van der Waals surface area contributed by atoms with Crippen LogP contribution >= 0.6 is 0 Å². The van der Waals surface area contributed by atoms with Gasteiger partial charge in [-0.15, -0.1) is 0 Å². The monoisotopic (exact) mass is 610 g/mol. The Kier molecular flexibility index (Phi) is 10.6. The zero-order valence-electron chi connectivity index (χ0n) is 26.1. The van der Waals surface area contributed by atoms with Gasteiger partial charge in [-0.2, -0.15) is 0 Å². The standard InChI is InChI=1S/C37H42N2O6/c1-24-33(22-39(3)25(2)31-17-16-28-6-4-5-7-32(28)20-31)44-37(45-36(24)29-12-10-27(23-40)11-13-29)30-14-8-26(9-15-30)21-38-34(41)18-19-35(42)43/h4-17,20,24-25,33,36-37,40H,18-19,21-23H2,1-3H3,(H,38,41)(H,42,43)/t24-,25-,33+,36+,37+/m1/s1. The van der Waals surface area contributed by atoms with E-state index >= 15 is 0 Å². The maximum absolute atomic E-state index is 12.0. The number of aliphatic hydroxyl groups is 1. The van der Waals surface area contributed by atoms with Crippen LogP contribution in [0.5, 0.6) is 0 Å². The maximum atomic E-state index is 12.0. The lowest BCUT2D eigenvalue weighted by Gasteiger charge is -2.43. The summed E-state index contributed by atoms with van der Waals surface area (Å²) in [7, 11) is 2.13. The third-order valence-electron chi connectivity index (χ3n) is 8.82. The van der Waals surface area contributed by atoms with Gasteiger partial charge in [0.25, 0.3) is 0 Å². The number of hydrogen-bond donors (Lipinski definition) is 3. The van der Waals surface area contributed by atoms with Crippen molar-refractivity contribution >= 4 is 22.6 Å². The molecule has 0 unspecified atom stereocenters. The molecule has 1 aliphatic rings. The van der Waals surface area contributed by atoms with Crippen molar-refractivity contribution in [3.05, 3.63) is 119 Å². The lowest BCUT2D eigenvalue weighted by molar-refractivity contribution is -0.276. The Labute approximate surface area is 264 Å². The minimum Gasteiger partial charge on any atom is -0.481 e. The summed E-state index contributed by atoms with van der Waals surface area (Å²) in [4.78, 5) is 25.0. The van der Waals surface area contributed by atoms with Gasteiger partial charge in [-0.3, -0.25) is 14.5 Å². The molecular formula is C37H42N2O6. The van der Waals surface area contributed by atoms with E-state index in [1.165, 1.54) is 16.3 Å². The number of carboxylic acids is 1. The number of fused-ring (bicyclic) bond motifs is 1.